The maximum absolute atomic E-state index is 11.3. The van der Waals surface area contributed by atoms with Gasteiger partial charge in [0.1, 0.15) is 0 Å². The van der Waals surface area contributed by atoms with Crippen LogP contribution in [0.4, 0.5) is 0 Å². The van der Waals surface area contributed by atoms with Crippen LogP contribution in [0.15, 0.2) is 12.2 Å². The molecule has 0 aliphatic carbocycles. The molecule has 0 aliphatic heterocycles. The van der Waals surface area contributed by atoms with Crippen molar-refractivity contribution in [3.8, 4) is 0 Å². The highest BCUT2D eigenvalue weighted by atomic mass is 16.1. The van der Waals surface area contributed by atoms with Gasteiger partial charge < -0.3 is 5.32 Å². The van der Waals surface area contributed by atoms with Gasteiger partial charge in [-0.15, -0.1) is 0 Å². The second-order valence-corrected chi connectivity index (χ2v) is 5.19. The van der Waals surface area contributed by atoms with Gasteiger partial charge in [0.05, 0.1) is 0 Å². The van der Waals surface area contributed by atoms with Crippen LogP contribution in [0, 0.1) is 0 Å². The van der Waals surface area contributed by atoms with Crippen LogP contribution in [0.3, 0.4) is 0 Å². The van der Waals surface area contributed by atoms with Gasteiger partial charge in [-0.3, -0.25) is 9.59 Å². The fourth-order valence-corrected chi connectivity index (χ4v) is 1.71. The first-order chi connectivity index (χ1) is 8.43. The van der Waals surface area contributed by atoms with Crippen molar-refractivity contribution in [1.29, 1.82) is 0 Å². The summed E-state index contributed by atoms with van der Waals surface area (Å²) in [5.41, 5.74) is 0.653. The van der Waals surface area contributed by atoms with Gasteiger partial charge in [0.25, 0.3) is 0 Å². The van der Waals surface area contributed by atoms with E-state index in [4.69, 9.17) is 0 Å². The third kappa shape index (κ3) is 10.1. The summed E-state index contributed by atoms with van der Waals surface area (Å²) in [7, 11) is 0. The van der Waals surface area contributed by atoms with E-state index in [9.17, 15) is 9.59 Å². The summed E-state index contributed by atoms with van der Waals surface area (Å²) in [5.74, 6) is 0.314. The zero-order valence-corrected chi connectivity index (χ0v) is 12.1. The van der Waals surface area contributed by atoms with E-state index in [1.54, 1.807) is 6.92 Å². The van der Waals surface area contributed by atoms with Crippen molar-refractivity contribution in [2.24, 2.45) is 0 Å². The minimum absolute atomic E-state index is 0.141. The topological polar surface area (TPSA) is 46.2 Å². The van der Waals surface area contributed by atoms with Gasteiger partial charge in [0.2, 0.25) is 5.91 Å². The Balaban J connectivity index is 3.34. The molecule has 0 heterocycles. The lowest BCUT2D eigenvalue weighted by Gasteiger charge is -2.07. The first-order valence-corrected chi connectivity index (χ1v) is 6.91. The first-order valence-electron chi connectivity index (χ1n) is 6.91. The van der Waals surface area contributed by atoms with Gasteiger partial charge >= 0.3 is 0 Å². The third-order valence-electron chi connectivity index (χ3n) is 2.73. The van der Waals surface area contributed by atoms with Gasteiger partial charge in [-0.25, -0.2) is 0 Å². The van der Waals surface area contributed by atoms with E-state index in [1.165, 1.54) is 0 Å². The van der Waals surface area contributed by atoms with Gasteiger partial charge in [0.15, 0.2) is 5.78 Å². The average molecular weight is 253 g/mol. The van der Waals surface area contributed by atoms with Gasteiger partial charge in [-0.2, -0.15) is 0 Å². The number of amides is 1. The number of hydrogen-bond donors (Lipinski definition) is 1. The Morgan fingerprint density at radius 2 is 1.50 bits per heavy atom. The molecule has 0 bridgehead atoms. The first kappa shape index (κ1) is 16.9. The lowest BCUT2D eigenvalue weighted by atomic mass is 10.0. The number of nitrogens with one attached hydrogen (secondary N) is 1. The molecule has 3 nitrogen and oxygen atoms in total. The summed E-state index contributed by atoms with van der Waals surface area (Å²) in [5, 5.41) is 2.88. The average Bonchev–Trinajstić information content (AvgIpc) is 2.26. The van der Waals surface area contributed by atoms with Crippen molar-refractivity contribution >= 4 is 11.7 Å². The Hall–Kier alpha value is -1.12. The van der Waals surface area contributed by atoms with E-state index >= 15 is 0 Å². The van der Waals surface area contributed by atoms with Crippen LogP contribution in [0.2, 0.25) is 0 Å². The highest BCUT2D eigenvalue weighted by molar-refractivity contribution is 5.93. The van der Waals surface area contributed by atoms with Gasteiger partial charge in [0, 0.05) is 18.9 Å². The molecule has 0 rings (SSSR count). The Kier molecular flexibility index (Phi) is 9.25. The lowest BCUT2D eigenvalue weighted by molar-refractivity contribution is -0.121. The molecule has 104 valence electrons. The van der Waals surface area contributed by atoms with E-state index in [-0.39, 0.29) is 17.7 Å². The molecule has 0 aromatic carbocycles. The van der Waals surface area contributed by atoms with Crippen molar-refractivity contribution < 1.29 is 9.59 Å². The van der Waals surface area contributed by atoms with Crippen LogP contribution < -0.4 is 5.32 Å². The fraction of sp³-hybridized carbons (Fsp3) is 0.733. The lowest BCUT2D eigenvalue weighted by Crippen LogP contribution is -2.29. The molecular formula is C15H27NO2. The molecule has 1 amide bonds. The van der Waals surface area contributed by atoms with Crippen LogP contribution in [0.25, 0.3) is 0 Å². The molecule has 0 saturated carbocycles. The predicted molar refractivity (Wildman–Crippen MR) is 75.4 cm³/mol. The van der Waals surface area contributed by atoms with Crippen molar-refractivity contribution in [2.45, 2.75) is 71.8 Å². The van der Waals surface area contributed by atoms with E-state index in [1.807, 2.05) is 13.8 Å². The highest BCUT2D eigenvalue weighted by Gasteiger charge is 2.03. The van der Waals surface area contributed by atoms with Crippen molar-refractivity contribution in [1.82, 2.24) is 5.32 Å². The molecule has 0 aromatic rings. The van der Waals surface area contributed by atoms with Crippen molar-refractivity contribution in [2.75, 3.05) is 0 Å². The number of carbonyl (C=O) groups is 2. The zero-order valence-electron chi connectivity index (χ0n) is 12.1. The molecule has 0 radical (unpaired) electrons. The molecule has 0 aromatic heterocycles. The van der Waals surface area contributed by atoms with Crippen LogP contribution in [-0.4, -0.2) is 17.7 Å². The van der Waals surface area contributed by atoms with E-state index in [0.717, 1.165) is 32.1 Å². The van der Waals surface area contributed by atoms with Crippen molar-refractivity contribution in [3.05, 3.63) is 12.2 Å². The molecule has 0 fully saturated rings. The molecule has 1 N–H and O–H groups in total. The van der Waals surface area contributed by atoms with E-state index < -0.39 is 0 Å². The Labute approximate surface area is 111 Å². The normalized spacial score (nSPS) is 10.4. The smallest absolute Gasteiger partial charge is 0.220 e. The van der Waals surface area contributed by atoms with Crippen LogP contribution in [0.5, 0.6) is 0 Å². The van der Waals surface area contributed by atoms with Gasteiger partial charge in [-0.1, -0.05) is 25.8 Å². The molecule has 0 spiro atoms. The second kappa shape index (κ2) is 9.86. The summed E-state index contributed by atoms with van der Waals surface area (Å²) in [6.07, 6.45) is 6.32. The number of allylic oxidation sites excluding steroid dienone is 1. The largest absolute Gasteiger partial charge is 0.354 e. The molecule has 0 atom stereocenters. The molecular weight excluding hydrogens is 226 g/mol. The monoisotopic (exact) mass is 253 g/mol. The number of rotatable bonds is 10. The third-order valence-corrected chi connectivity index (χ3v) is 2.73. The quantitative estimate of drug-likeness (QED) is 0.479. The van der Waals surface area contributed by atoms with Crippen LogP contribution in [-0.2, 0) is 9.59 Å². The minimum atomic E-state index is 0.141. The fourth-order valence-electron chi connectivity index (χ4n) is 1.71. The molecule has 0 unspecified atom stereocenters. The maximum Gasteiger partial charge on any atom is 0.220 e. The Bertz CT molecular complexity index is 282. The van der Waals surface area contributed by atoms with Crippen molar-refractivity contribution in [3.63, 3.8) is 0 Å². The summed E-state index contributed by atoms with van der Waals surface area (Å²) >= 11 is 0. The SMILES string of the molecule is C=C(C)C(=O)CCCCCCCC(=O)NC(C)C. The Morgan fingerprint density at radius 1 is 1.00 bits per heavy atom. The molecule has 18 heavy (non-hydrogen) atoms. The van der Waals surface area contributed by atoms with E-state index in [0.29, 0.717) is 18.4 Å². The summed E-state index contributed by atoms with van der Waals surface area (Å²) in [4.78, 5) is 22.6. The number of hydrogen-bond acceptors (Lipinski definition) is 2. The van der Waals surface area contributed by atoms with Gasteiger partial charge in [-0.05, 0) is 39.2 Å². The van der Waals surface area contributed by atoms with Crippen LogP contribution in [0.1, 0.15) is 65.7 Å². The summed E-state index contributed by atoms with van der Waals surface area (Å²) in [6, 6.07) is 0.227. The summed E-state index contributed by atoms with van der Waals surface area (Å²) < 4.78 is 0. The minimum Gasteiger partial charge on any atom is -0.354 e. The number of ketones is 1. The number of carbonyl (C=O) groups excluding carboxylic acids is 2. The zero-order chi connectivity index (χ0) is 14.0. The molecule has 3 heteroatoms. The summed E-state index contributed by atoms with van der Waals surface area (Å²) in [6.45, 7) is 9.33. The number of Topliss-reactive ketones (excluding diaryl/α,β-unsaturated/α-hetero) is 1. The maximum atomic E-state index is 11.3. The van der Waals surface area contributed by atoms with Crippen LogP contribution >= 0.6 is 0 Å². The van der Waals surface area contributed by atoms with E-state index in [2.05, 4.69) is 11.9 Å². The molecule has 0 saturated heterocycles. The second-order valence-electron chi connectivity index (χ2n) is 5.19. The highest BCUT2D eigenvalue weighted by Crippen LogP contribution is 2.09. The molecule has 0 aliphatic rings. The predicted octanol–water partition coefficient (Wildman–Crippen LogP) is 3.39. The Morgan fingerprint density at radius 3 is 2.00 bits per heavy atom. The number of unbranched alkanes of at least 4 members (excludes halogenated alkanes) is 4. The standard InChI is InChI=1S/C15H27NO2/c1-12(2)14(17)10-8-6-5-7-9-11-15(18)16-13(3)4/h13H,1,5-11H2,2-4H3,(H,16,18).